The van der Waals surface area contributed by atoms with E-state index in [9.17, 15) is 4.79 Å². The molecule has 1 aromatic carbocycles. The highest BCUT2D eigenvalue weighted by molar-refractivity contribution is 5.93. The van der Waals surface area contributed by atoms with Gasteiger partial charge in [-0.2, -0.15) is 10.2 Å². The van der Waals surface area contributed by atoms with Crippen molar-refractivity contribution in [2.24, 2.45) is 0 Å². The smallest absolute Gasteiger partial charge is 0.224 e. The SMILES string of the molecule is CCCC(=O)Nc1ccc(Oc2ccc(C#N)cc2C(C)(C)C)nc1N. The van der Waals surface area contributed by atoms with Crippen molar-refractivity contribution in [2.45, 2.75) is 46.0 Å². The molecule has 2 aromatic rings. The molecule has 0 saturated heterocycles. The highest BCUT2D eigenvalue weighted by atomic mass is 16.5. The van der Waals surface area contributed by atoms with Crippen LogP contribution in [0, 0.1) is 11.3 Å². The van der Waals surface area contributed by atoms with Crippen LogP contribution in [0.15, 0.2) is 30.3 Å². The standard InChI is InChI=1S/C20H24N4O2/c1-5-6-17(25)23-15-8-10-18(24-19(15)22)26-16-9-7-13(12-21)11-14(16)20(2,3)4/h7-11H,5-6H2,1-4H3,(H2,22,24)(H,23,25). The number of nitrogens with one attached hydrogen (secondary N) is 1. The minimum atomic E-state index is -0.207. The Morgan fingerprint density at radius 1 is 1.31 bits per heavy atom. The highest BCUT2D eigenvalue weighted by Gasteiger charge is 2.20. The van der Waals surface area contributed by atoms with Crippen LogP contribution in [0.3, 0.4) is 0 Å². The Labute approximate surface area is 154 Å². The van der Waals surface area contributed by atoms with Crippen molar-refractivity contribution in [3.63, 3.8) is 0 Å². The Bertz CT molecular complexity index is 848. The summed E-state index contributed by atoms with van der Waals surface area (Å²) in [5.74, 6) is 1.03. The third-order valence-electron chi connectivity index (χ3n) is 3.78. The molecule has 1 heterocycles. The molecule has 0 aliphatic carbocycles. The van der Waals surface area contributed by atoms with Crippen LogP contribution in [-0.4, -0.2) is 10.9 Å². The van der Waals surface area contributed by atoms with Crippen LogP contribution in [0.25, 0.3) is 0 Å². The van der Waals surface area contributed by atoms with Crippen LogP contribution >= 0.6 is 0 Å². The summed E-state index contributed by atoms with van der Waals surface area (Å²) in [4.78, 5) is 15.9. The molecule has 6 nitrogen and oxygen atoms in total. The number of carbonyl (C=O) groups excluding carboxylic acids is 1. The van der Waals surface area contributed by atoms with Gasteiger partial charge >= 0.3 is 0 Å². The maximum absolute atomic E-state index is 11.7. The molecule has 1 amide bonds. The molecule has 0 aliphatic rings. The molecular formula is C20H24N4O2. The average molecular weight is 352 g/mol. The summed E-state index contributed by atoms with van der Waals surface area (Å²) >= 11 is 0. The van der Waals surface area contributed by atoms with E-state index in [1.807, 2.05) is 33.8 Å². The molecule has 1 aromatic heterocycles. The zero-order chi connectivity index (χ0) is 19.3. The Kier molecular flexibility index (Phi) is 5.83. The predicted octanol–water partition coefficient (Wildman–Crippen LogP) is 4.36. The second-order valence-corrected chi connectivity index (χ2v) is 7.06. The zero-order valence-electron chi connectivity index (χ0n) is 15.6. The molecule has 3 N–H and O–H groups in total. The van der Waals surface area contributed by atoms with Gasteiger partial charge in [-0.1, -0.05) is 27.7 Å². The first-order chi connectivity index (χ1) is 12.2. The van der Waals surface area contributed by atoms with E-state index < -0.39 is 0 Å². The fourth-order valence-electron chi connectivity index (χ4n) is 2.45. The molecule has 2 rings (SSSR count). The molecule has 0 spiro atoms. The minimum absolute atomic E-state index is 0.100. The molecule has 6 heteroatoms. The molecule has 0 saturated carbocycles. The van der Waals surface area contributed by atoms with Gasteiger partial charge in [0.15, 0.2) is 5.82 Å². The maximum atomic E-state index is 11.7. The van der Waals surface area contributed by atoms with Crippen molar-refractivity contribution >= 4 is 17.4 Å². The fourth-order valence-corrected chi connectivity index (χ4v) is 2.45. The van der Waals surface area contributed by atoms with Gasteiger partial charge in [-0.25, -0.2) is 0 Å². The maximum Gasteiger partial charge on any atom is 0.224 e. The zero-order valence-corrected chi connectivity index (χ0v) is 15.6. The van der Waals surface area contributed by atoms with Gasteiger partial charge < -0.3 is 15.8 Å². The number of nitrogens with two attached hydrogens (primary N) is 1. The summed E-state index contributed by atoms with van der Waals surface area (Å²) in [7, 11) is 0. The summed E-state index contributed by atoms with van der Waals surface area (Å²) in [6, 6.07) is 10.7. The first kappa shape index (κ1) is 19.3. The predicted molar refractivity (Wildman–Crippen MR) is 102 cm³/mol. The summed E-state index contributed by atoms with van der Waals surface area (Å²) in [6.07, 6.45) is 1.19. The lowest BCUT2D eigenvalue weighted by atomic mass is 9.85. The first-order valence-corrected chi connectivity index (χ1v) is 8.53. The van der Waals surface area contributed by atoms with E-state index in [1.165, 1.54) is 0 Å². The van der Waals surface area contributed by atoms with Gasteiger partial charge in [-0.3, -0.25) is 4.79 Å². The number of ether oxygens (including phenoxy) is 1. The van der Waals surface area contributed by atoms with E-state index in [-0.39, 0.29) is 17.1 Å². The quantitative estimate of drug-likeness (QED) is 0.832. The number of carbonyl (C=O) groups is 1. The van der Waals surface area contributed by atoms with Gasteiger partial charge in [-0.05, 0) is 36.1 Å². The monoisotopic (exact) mass is 352 g/mol. The number of anilines is 2. The van der Waals surface area contributed by atoms with Crippen LogP contribution in [0.4, 0.5) is 11.5 Å². The Balaban J connectivity index is 2.28. The number of hydrogen-bond acceptors (Lipinski definition) is 5. The molecule has 0 atom stereocenters. The Morgan fingerprint density at radius 3 is 2.62 bits per heavy atom. The topological polar surface area (TPSA) is 101 Å². The highest BCUT2D eigenvalue weighted by Crippen LogP contribution is 2.35. The number of hydrogen-bond donors (Lipinski definition) is 2. The van der Waals surface area contributed by atoms with E-state index in [4.69, 9.17) is 15.7 Å². The number of pyridine rings is 1. The summed E-state index contributed by atoms with van der Waals surface area (Å²) in [5.41, 5.74) is 7.67. The Morgan fingerprint density at radius 2 is 2.04 bits per heavy atom. The fraction of sp³-hybridized carbons (Fsp3) is 0.350. The van der Waals surface area contributed by atoms with Crippen LogP contribution in [0.2, 0.25) is 0 Å². The molecule has 0 radical (unpaired) electrons. The molecular weight excluding hydrogens is 328 g/mol. The number of amides is 1. The van der Waals surface area contributed by atoms with Crippen molar-refractivity contribution in [1.29, 1.82) is 5.26 Å². The molecule has 26 heavy (non-hydrogen) atoms. The third kappa shape index (κ3) is 4.73. The number of nitriles is 1. The first-order valence-electron chi connectivity index (χ1n) is 8.53. The lowest BCUT2D eigenvalue weighted by Crippen LogP contribution is -2.14. The van der Waals surface area contributed by atoms with Crippen LogP contribution in [-0.2, 0) is 10.2 Å². The van der Waals surface area contributed by atoms with E-state index in [1.54, 1.807) is 24.3 Å². The third-order valence-corrected chi connectivity index (χ3v) is 3.78. The van der Waals surface area contributed by atoms with Gasteiger partial charge in [0.1, 0.15) is 5.75 Å². The Hall–Kier alpha value is -3.07. The van der Waals surface area contributed by atoms with E-state index in [0.717, 1.165) is 12.0 Å². The van der Waals surface area contributed by atoms with Crippen LogP contribution in [0.1, 0.15) is 51.7 Å². The van der Waals surface area contributed by atoms with Gasteiger partial charge in [0, 0.05) is 18.1 Å². The second-order valence-electron chi connectivity index (χ2n) is 7.06. The van der Waals surface area contributed by atoms with Crippen molar-refractivity contribution < 1.29 is 9.53 Å². The average Bonchev–Trinajstić information content (AvgIpc) is 2.57. The summed E-state index contributed by atoms with van der Waals surface area (Å²) in [5, 5.41) is 11.9. The van der Waals surface area contributed by atoms with Gasteiger partial charge in [0.2, 0.25) is 11.8 Å². The van der Waals surface area contributed by atoms with Crippen molar-refractivity contribution in [2.75, 3.05) is 11.1 Å². The summed E-state index contributed by atoms with van der Waals surface area (Å²) in [6.45, 7) is 8.07. The number of nitrogens with zero attached hydrogens (tertiary/aromatic N) is 2. The molecule has 0 aliphatic heterocycles. The van der Waals surface area contributed by atoms with Crippen LogP contribution < -0.4 is 15.8 Å². The minimum Gasteiger partial charge on any atom is -0.439 e. The van der Waals surface area contributed by atoms with Gasteiger partial charge in [-0.15, -0.1) is 0 Å². The van der Waals surface area contributed by atoms with E-state index >= 15 is 0 Å². The number of benzene rings is 1. The lowest BCUT2D eigenvalue weighted by molar-refractivity contribution is -0.116. The van der Waals surface area contributed by atoms with Crippen molar-refractivity contribution in [1.82, 2.24) is 4.98 Å². The molecule has 0 bridgehead atoms. The van der Waals surface area contributed by atoms with Gasteiger partial charge in [0.05, 0.1) is 17.3 Å². The molecule has 136 valence electrons. The van der Waals surface area contributed by atoms with Crippen molar-refractivity contribution in [3.05, 3.63) is 41.5 Å². The van der Waals surface area contributed by atoms with Crippen LogP contribution in [0.5, 0.6) is 11.6 Å². The number of nitrogen functional groups attached to an aromatic ring is 1. The summed E-state index contributed by atoms with van der Waals surface area (Å²) < 4.78 is 5.91. The number of rotatable bonds is 5. The molecule has 0 fully saturated rings. The number of aromatic nitrogens is 1. The van der Waals surface area contributed by atoms with E-state index in [0.29, 0.717) is 29.3 Å². The van der Waals surface area contributed by atoms with Gasteiger partial charge in [0.25, 0.3) is 0 Å². The largest absolute Gasteiger partial charge is 0.439 e. The lowest BCUT2D eigenvalue weighted by Gasteiger charge is -2.22. The normalized spacial score (nSPS) is 10.9. The second kappa shape index (κ2) is 7.87. The van der Waals surface area contributed by atoms with Crippen molar-refractivity contribution in [3.8, 4) is 17.7 Å². The van der Waals surface area contributed by atoms with E-state index in [2.05, 4.69) is 16.4 Å². The molecule has 0 unspecified atom stereocenters.